The summed E-state index contributed by atoms with van der Waals surface area (Å²) in [6.07, 6.45) is 1.75. The fourth-order valence-corrected chi connectivity index (χ4v) is 3.66. The molecule has 1 aliphatic rings. The van der Waals surface area contributed by atoms with Gasteiger partial charge in [0.1, 0.15) is 5.75 Å². The smallest absolute Gasteiger partial charge is 0.189 e. The van der Waals surface area contributed by atoms with Crippen LogP contribution in [0.4, 0.5) is 0 Å². The Hall–Kier alpha value is -2.95. The van der Waals surface area contributed by atoms with Crippen LogP contribution in [-0.4, -0.2) is 24.1 Å². The Morgan fingerprint density at radius 2 is 2.04 bits per heavy atom. The quantitative estimate of drug-likeness (QED) is 0.499. The van der Waals surface area contributed by atoms with Crippen molar-refractivity contribution in [2.45, 2.75) is 25.8 Å². The number of aryl methyl sites for hydroxylation is 1. The van der Waals surface area contributed by atoms with Crippen LogP contribution in [0.2, 0.25) is 0 Å². The number of aliphatic imine (C=N–C) groups is 1. The van der Waals surface area contributed by atoms with E-state index in [1.165, 1.54) is 22.2 Å². The van der Waals surface area contributed by atoms with Crippen molar-refractivity contribution in [1.29, 1.82) is 0 Å². The first-order valence-electron chi connectivity index (χ1n) is 9.07. The van der Waals surface area contributed by atoms with Crippen molar-refractivity contribution < 1.29 is 4.74 Å². The van der Waals surface area contributed by atoms with Gasteiger partial charge in [-0.05, 0) is 31.0 Å². The maximum Gasteiger partial charge on any atom is 0.189 e. The average Bonchev–Trinajstić information content (AvgIpc) is 2.98. The van der Waals surface area contributed by atoms with Crippen molar-refractivity contribution in [3.05, 3.63) is 65.4 Å². The summed E-state index contributed by atoms with van der Waals surface area (Å²) < 4.78 is 5.70. The van der Waals surface area contributed by atoms with Crippen LogP contribution < -0.4 is 15.8 Å². The zero-order valence-corrected chi connectivity index (χ0v) is 15.0. The summed E-state index contributed by atoms with van der Waals surface area (Å²) in [5, 5.41) is 4.62. The minimum Gasteiger partial charge on any atom is -0.493 e. The molecule has 1 unspecified atom stereocenters. The summed E-state index contributed by atoms with van der Waals surface area (Å²) in [6, 6.07) is 16.6. The van der Waals surface area contributed by atoms with E-state index in [4.69, 9.17) is 10.5 Å². The van der Waals surface area contributed by atoms with Crippen molar-refractivity contribution in [2.24, 2.45) is 10.7 Å². The molecule has 0 radical (unpaired) electrons. The number of ether oxygens (including phenoxy) is 1. The highest BCUT2D eigenvalue weighted by Crippen LogP contribution is 2.31. The second kappa shape index (κ2) is 7.12. The topological polar surface area (TPSA) is 75.4 Å². The van der Waals surface area contributed by atoms with Gasteiger partial charge in [0.2, 0.25) is 0 Å². The van der Waals surface area contributed by atoms with E-state index in [2.05, 4.69) is 46.5 Å². The molecule has 0 saturated carbocycles. The summed E-state index contributed by atoms with van der Waals surface area (Å²) >= 11 is 0. The number of fused-ring (bicyclic) bond motifs is 2. The highest BCUT2D eigenvalue weighted by Gasteiger charge is 2.21. The Morgan fingerprint density at radius 1 is 1.23 bits per heavy atom. The van der Waals surface area contributed by atoms with Crippen molar-refractivity contribution in [3.63, 3.8) is 0 Å². The highest BCUT2D eigenvalue weighted by molar-refractivity contribution is 5.84. The molecule has 0 amide bonds. The number of nitrogens with one attached hydrogen (secondary N) is 2. The molecule has 5 nitrogen and oxygen atoms in total. The summed E-state index contributed by atoms with van der Waals surface area (Å²) in [5.41, 5.74) is 11.0. The van der Waals surface area contributed by atoms with Crippen LogP contribution in [0.5, 0.6) is 5.75 Å². The van der Waals surface area contributed by atoms with E-state index in [0.29, 0.717) is 19.1 Å². The fraction of sp³-hybridized carbons (Fsp3) is 0.286. The molecular weight excluding hydrogens is 324 g/mol. The number of aromatic nitrogens is 1. The van der Waals surface area contributed by atoms with Crippen molar-refractivity contribution in [3.8, 4) is 5.75 Å². The summed E-state index contributed by atoms with van der Waals surface area (Å²) in [5.74, 6) is 1.42. The lowest BCUT2D eigenvalue weighted by atomic mass is 10.0. The molecule has 2 heterocycles. The number of benzene rings is 2. The molecule has 1 atom stereocenters. The molecular formula is C21H24N4O. The molecule has 4 rings (SSSR count). The number of guanidine groups is 1. The number of para-hydroxylation sites is 2. The van der Waals surface area contributed by atoms with Gasteiger partial charge in [0.05, 0.1) is 12.6 Å². The first-order valence-corrected chi connectivity index (χ1v) is 9.07. The van der Waals surface area contributed by atoms with Crippen LogP contribution in [0.1, 0.15) is 29.3 Å². The standard InChI is InChI=1S/C21H24N4O/c1-14-15(16-6-2-4-8-18(16)24-14)10-12-23-21(22)25-19-11-13-26-20-9-5-3-7-17(19)20/h2-9,19,24H,10-13H2,1H3,(H3,22,23,25). The highest BCUT2D eigenvalue weighted by atomic mass is 16.5. The normalized spacial score (nSPS) is 17.0. The molecule has 0 saturated heterocycles. The van der Waals surface area contributed by atoms with E-state index in [0.717, 1.165) is 24.2 Å². The molecule has 26 heavy (non-hydrogen) atoms. The van der Waals surface area contributed by atoms with Gasteiger partial charge < -0.3 is 20.8 Å². The average molecular weight is 348 g/mol. The summed E-state index contributed by atoms with van der Waals surface area (Å²) in [6.45, 7) is 3.46. The molecule has 5 heteroatoms. The third kappa shape index (κ3) is 3.25. The van der Waals surface area contributed by atoms with Crippen molar-refractivity contribution in [2.75, 3.05) is 13.2 Å². The third-order valence-corrected chi connectivity index (χ3v) is 4.95. The number of aromatic amines is 1. The van der Waals surface area contributed by atoms with Gasteiger partial charge in [-0.2, -0.15) is 0 Å². The van der Waals surface area contributed by atoms with Gasteiger partial charge in [-0.25, -0.2) is 0 Å². The van der Waals surface area contributed by atoms with Crippen LogP contribution in [0.25, 0.3) is 10.9 Å². The molecule has 2 aromatic carbocycles. The molecule has 4 N–H and O–H groups in total. The van der Waals surface area contributed by atoms with Gasteiger partial charge in [-0.15, -0.1) is 0 Å². The van der Waals surface area contributed by atoms with Gasteiger partial charge in [0, 0.05) is 35.1 Å². The first-order chi connectivity index (χ1) is 12.7. The maximum absolute atomic E-state index is 6.14. The van der Waals surface area contributed by atoms with Crippen LogP contribution in [0, 0.1) is 6.92 Å². The lowest BCUT2D eigenvalue weighted by molar-refractivity contribution is 0.262. The molecule has 0 aliphatic carbocycles. The summed E-state index contributed by atoms with van der Waals surface area (Å²) in [4.78, 5) is 7.98. The van der Waals surface area contributed by atoms with Gasteiger partial charge in [-0.1, -0.05) is 36.4 Å². The maximum atomic E-state index is 6.14. The number of rotatable bonds is 4. The lowest BCUT2D eigenvalue weighted by Crippen LogP contribution is -2.37. The van der Waals surface area contributed by atoms with E-state index in [9.17, 15) is 0 Å². The van der Waals surface area contributed by atoms with Gasteiger partial charge in [0.15, 0.2) is 5.96 Å². The van der Waals surface area contributed by atoms with E-state index in [1.54, 1.807) is 0 Å². The molecule has 0 bridgehead atoms. The second-order valence-electron chi connectivity index (χ2n) is 6.66. The van der Waals surface area contributed by atoms with Gasteiger partial charge in [-0.3, -0.25) is 4.99 Å². The Morgan fingerprint density at radius 3 is 2.96 bits per heavy atom. The van der Waals surface area contributed by atoms with Crippen molar-refractivity contribution >= 4 is 16.9 Å². The van der Waals surface area contributed by atoms with Crippen LogP contribution in [-0.2, 0) is 6.42 Å². The van der Waals surface area contributed by atoms with E-state index >= 15 is 0 Å². The number of nitrogens with two attached hydrogens (primary N) is 1. The number of nitrogens with zero attached hydrogens (tertiary/aromatic N) is 1. The molecule has 0 fully saturated rings. The van der Waals surface area contributed by atoms with E-state index in [-0.39, 0.29) is 6.04 Å². The van der Waals surface area contributed by atoms with Crippen LogP contribution in [0.15, 0.2) is 53.5 Å². The summed E-state index contributed by atoms with van der Waals surface area (Å²) in [7, 11) is 0. The fourth-order valence-electron chi connectivity index (χ4n) is 3.66. The SMILES string of the molecule is Cc1[nH]c2ccccc2c1CCN=C(N)NC1CCOc2ccccc21. The number of hydrogen-bond donors (Lipinski definition) is 3. The van der Waals surface area contributed by atoms with E-state index < -0.39 is 0 Å². The molecule has 1 aliphatic heterocycles. The zero-order valence-electron chi connectivity index (χ0n) is 15.0. The predicted molar refractivity (Wildman–Crippen MR) is 106 cm³/mol. The Labute approximate surface area is 153 Å². The molecule has 1 aromatic heterocycles. The molecule has 3 aromatic rings. The lowest BCUT2D eigenvalue weighted by Gasteiger charge is -2.26. The molecule has 134 valence electrons. The minimum atomic E-state index is 0.151. The second-order valence-corrected chi connectivity index (χ2v) is 6.66. The van der Waals surface area contributed by atoms with E-state index in [1.807, 2.05) is 24.3 Å². The van der Waals surface area contributed by atoms with Crippen molar-refractivity contribution in [1.82, 2.24) is 10.3 Å². The third-order valence-electron chi connectivity index (χ3n) is 4.95. The largest absolute Gasteiger partial charge is 0.493 e. The molecule has 0 spiro atoms. The number of hydrogen-bond acceptors (Lipinski definition) is 2. The van der Waals surface area contributed by atoms with Gasteiger partial charge >= 0.3 is 0 Å². The Balaban J connectivity index is 1.42. The van der Waals surface area contributed by atoms with Gasteiger partial charge in [0.25, 0.3) is 0 Å². The Bertz CT molecular complexity index is 944. The predicted octanol–water partition coefficient (Wildman–Crippen LogP) is 3.45. The van der Waals surface area contributed by atoms with Crippen LogP contribution in [0.3, 0.4) is 0 Å². The minimum absolute atomic E-state index is 0.151. The monoisotopic (exact) mass is 348 g/mol. The zero-order chi connectivity index (χ0) is 17.9. The Kier molecular flexibility index (Phi) is 4.52. The first kappa shape index (κ1) is 16.5. The number of H-pyrrole nitrogens is 1. The van der Waals surface area contributed by atoms with Crippen LogP contribution >= 0.6 is 0 Å².